The lowest BCUT2D eigenvalue weighted by Gasteiger charge is -2.29. The molecule has 0 amide bonds. The first-order valence-electron chi connectivity index (χ1n) is 6.85. The summed E-state index contributed by atoms with van der Waals surface area (Å²) in [6.07, 6.45) is -2.46. The highest BCUT2D eigenvalue weighted by Crippen LogP contribution is 2.35. The number of halogens is 3. The maximum Gasteiger partial charge on any atom is 0.417 e. The van der Waals surface area contributed by atoms with Crippen molar-refractivity contribution in [2.75, 3.05) is 32.1 Å². The molecule has 21 heavy (non-hydrogen) atoms. The van der Waals surface area contributed by atoms with Crippen molar-refractivity contribution in [2.24, 2.45) is 0 Å². The topological polar surface area (TPSA) is 30.3 Å². The number of nitriles is 1. The van der Waals surface area contributed by atoms with Crippen molar-refractivity contribution >= 4 is 5.69 Å². The Balaban J connectivity index is 2.31. The van der Waals surface area contributed by atoms with Gasteiger partial charge in [-0.05, 0) is 45.1 Å². The molecule has 6 heteroatoms. The van der Waals surface area contributed by atoms with Crippen LogP contribution in [0.15, 0.2) is 18.2 Å². The van der Waals surface area contributed by atoms with Crippen molar-refractivity contribution < 1.29 is 13.2 Å². The van der Waals surface area contributed by atoms with Gasteiger partial charge in [0.1, 0.15) is 0 Å². The van der Waals surface area contributed by atoms with E-state index in [9.17, 15) is 13.2 Å². The maximum absolute atomic E-state index is 12.8. The molecule has 1 aromatic carbocycles. The molecule has 1 atom stereocenters. The van der Waals surface area contributed by atoms with Gasteiger partial charge in [-0.15, -0.1) is 0 Å². The molecular weight excluding hydrogens is 279 g/mol. The van der Waals surface area contributed by atoms with Crippen LogP contribution in [-0.2, 0) is 6.18 Å². The number of hydrogen-bond donors (Lipinski definition) is 0. The third kappa shape index (κ3) is 3.48. The lowest BCUT2D eigenvalue weighted by atomic mass is 10.1. The molecule has 1 aliphatic heterocycles. The summed E-state index contributed by atoms with van der Waals surface area (Å²) in [5, 5.41) is 8.98. The smallest absolute Gasteiger partial charge is 0.367 e. The zero-order chi connectivity index (χ0) is 15.6. The minimum absolute atomic E-state index is 0.281. The van der Waals surface area contributed by atoms with Crippen molar-refractivity contribution in [2.45, 2.75) is 25.1 Å². The van der Waals surface area contributed by atoms with Gasteiger partial charge >= 0.3 is 6.18 Å². The second kappa shape index (κ2) is 5.94. The predicted molar refractivity (Wildman–Crippen MR) is 75.1 cm³/mol. The third-order valence-electron chi connectivity index (χ3n) is 3.71. The Morgan fingerprint density at radius 2 is 2.10 bits per heavy atom. The van der Waals surface area contributed by atoms with Crippen LogP contribution in [-0.4, -0.2) is 38.1 Å². The molecule has 1 unspecified atom stereocenters. The van der Waals surface area contributed by atoms with E-state index in [0.29, 0.717) is 5.69 Å². The minimum atomic E-state index is -4.49. The van der Waals surface area contributed by atoms with Crippen LogP contribution in [0, 0.1) is 11.3 Å². The van der Waals surface area contributed by atoms with Crippen molar-refractivity contribution in [3.05, 3.63) is 29.3 Å². The van der Waals surface area contributed by atoms with E-state index < -0.39 is 11.7 Å². The van der Waals surface area contributed by atoms with E-state index in [2.05, 4.69) is 9.80 Å². The lowest BCUT2D eigenvalue weighted by Crippen LogP contribution is -2.37. The molecule has 114 valence electrons. The summed E-state index contributed by atoms with van der Waals surface area (Å²) in [6, 6.07) is 5.79. The van der Waals surface area contributed by atoms with Gasteiger partial charge in [0.25, 0.3) is 0 Å². The van der Waals surface area contributed by atoms with Gasteiger partial charge in [0.05, 0.1) is 17.2 Å². The van der Waals surface area contributed by atoms with Gasteiger partial charge in [-0.3, -0.25) is 0 Å². The highest BCUT2D eigenvalue weighted by molar-refractivity contribution is 5.56. The number of likely N-dealkylation sites (N-methyl/N-ethyl adjacent to an activating group) is 1. The van der Waals surface area contributed by atoms with Gasteiger partial charge in [0, 0.05) is 24.8 Å². The molecule has 3 nitrogen and oxygen atoms in total. The number of nitrogens with zero attached hydrogens (tertiary/aromatic N) is 3. The zero-order valence-electron chi connectivity index (χ0n) is 12.1. The molecular formula is C15H18F3N3. The average Bonchev–Trinajstić information content (AvgIpc) is 2.84. The summed E-state index contributed by atoms with van der Waals surface area (Å²) in [5.74, 6) is 0. The Kier molecular flexibility index (Phi) is 4.43. The summed E-state index contributed by atoms with van der Waals surface area (Å²) in [6.45, 7) is 1.66. The molecule has 0 spiro atoms. The summed E-state index contributed by atoms with van der Waals surface area (Å²) in [5.41, 5.74) is -0.475. The number of alkyl halides is 3. The van der Waals surface area contributed by atoms with Crippen LogP contribution in [0.5, 0.6) is 0 Å². The fourth-order valence-corrected chi connectivity index (χ4v) is 2.84. The second-order valence-electron chi connectivity index (χ2n) is 5.59. The largest absolute Gasteiger partial charge is 0.417 e. The molecule has 0 saturated carbocycles. The Bertz CT molecular complexity index is 546. The Morgan fingerprint density at radius 1 is 1.38 bits per heavy atom. The van der Waals surface area contributed by atoms with Gasteiger partial charge in [-0.1, -0.05) is 0 Å². The van der Waals surface area contributed by atoms with E-state index >= 15 is 0 Å². The van der Waals surface area contributed by atoms with Gasteiger partial charge in [0.2, 0.25) is 0 Å². The fraction of sp³-hybridized carbons (Fsp3) is 0.533. The van der Waals surface area contributed by atoms with E-state index in [1.807, 2.05) is 14.1 Å². The number of anilines is 1. The first-order chi connectivity index (χ1) is 9.82. The van der Waals surface area contributed by atoms with E-state index in [1.54, 1.807) is 6.07 Å². The number of hydrogen-bond acceptors (Lipinski definition) is 3. The monoisotopic (exact) mass is 297 g/mol. The highest BCUT2D eigenvalue weighted by Gasteiger charge is 2.34. The molecule has 0 aromatic heterocycles. The molecule has 1 aromatic rings. The second-order valence-corrected chi connectivity index (χ2v) is 5.59. The summed E-state index contributed by atoms with van der Waals surface area (Å²) >= 11 is 0. The van der Waals surface area contributed by atoms with Gasteiger partial charge in [-0.2, -0.15) is 18.4 Å². The Morgan fingerprint density at radius 3 is 2.67 bits per heavy atom. The summed E-state index contributed by atoms with van der Waals surface area (Å²) in [7, 11) is 3.95. The molecule has 1 heterocycles. The molecule has 0 N–H and O–H groups in total. The molecule has 1 fully saturated rings. The van der Waals surface area contributed by atoms with Gasteiger partial charge in [0.15, 0.2) is 0 Å². The van der Waals surface area contributed by atoms with Crippen LogP contribution in [0.3, 0.4) is 0 Å². The van der Waals surface area contributed by atoms with E-state index in [1.165, 1.54) is 12.1 Å². The quantitative estimate of drug-likeness (QED) is 0.859. The van der Waals surface area contributed by atoms with Gasteiger partial charge < -0.3 is 9.80 Å². The van der Waals surface area contributed by atoms with Crippen LogP contribution >= 0.6 is 0 Å². The zero-order valence-corrected chi connectivity index (χ0v) is 12.1. The highest BCUT2D eigenvalue weighted by atomic mass is 19.4. The first-order valence-corrected chi connectivity index (χ1v) is 6.85. The van der Waals surface area contributed by atoms with Crippen molar-refractivity contribution in [1.82, 2.24) is 4.90 Å². The molecule has 2 rings (SSSR count). The van der Waals surface area contributed by atoms with Crippen molar-refractivity contribution in [3.63, 3.8) is 0 Å². The average molecular weight is 297 g/mol. The first kappa shape index (κ1) is 15.6. The fourth-order valence-electron chi connectivity index (χ4n) is 2.84. The predicted octanol–water partition coefficient (Wildman–Crippen LogP) is 3.11. The molecule has 0 bridgehead atoms. The lowest BCUT2D eigenvalue weighted by molar-refractivity contribution is -0.137. The summed E-state index contributed by atoms with van der Waals surface area (Å²) in [4.78, 5) is 4.17. The van der Waals surface area contributed by atoms with Crippen LogP contribution in [0.2, 0.25) is 0 Å². The van der Waals surface area contributed by atoms with Gasteiger partial charge in [-0.25, -0.2) is 0 Å². The standard InChI is InChI=1S/C15H18F3N3/c1-20(2)10-13-4-3-7-21(13)12-5-6-14(15(16,17)18)11(8-12)9-19/h5-6,8,13H,3-4,7,10H2,1-2H3. The summed E-state index contributed by atoms with van der Waals surface area (Å²) < 4.78 is 38.5. The maximum atomic E-state index is 12.8. The molecule has 1 saturated heterocycles. The third-order valence-corrected chi connectivity index (χ3v) is 3.71. The molecule has 0 radical (unpaired) electrons. The van der Waals surface area contributed by atoms with E-state index in [0.717, 1.165) is 32.0 Å². The Hall–Kier alpha value is -1.74. The number of rotatable bonds is 3. The van der Waals surface area contributed by atoms with Crippen molar-refractivity contribution in [3.8, 4) is 6.07 Å². The van der Waals surface area contributed by atoms with Crippen molar-refractivity contribution in [1.29, 1.82) is 5.26 Å². The number of benzene rings is 1. The minimum Gasteiger partial charge on any atom is -0.367 e. The SMILES string of the molecule is CN(C)CC1CCCN1c1ccc(C(F)(F)F)c(C#N)c1. The van der Waals surface area contributed by atoms with Crippen LogP contribution in [0.4, 0.5) is 18.9 Å². The van der Waals surface area contributed by atoms with E-state index in [-0.39, 0.29) is 11.6 Å². The Labute approximate surface area is 122 Å². The van der Waals surface area contributed by atoms with E-state index in [4.69, 9.17) is 5.26 Å². The van der Waals surface area contributed by atoms with Crippen LogP contribution < -0.4 is 4.90 Å². The normalized spacial score (nSPS) is 19.1. The molecule has 0 aliphatic carbocycles. The van der Waals surface area contributed by atoms with Crippen LogP contribution in [0.1, 0.15) is 24.0 Å². The molecule has 1 aliphatic rings. The van der Waals surface area contributed by atoms with Crippen LogP contribution in [0.25, 0.3) is 0 Å².